The standard InChI is InChI=1S/C13H14N2O8/c1-7(11(16)14-13(18)22-3)23-10-5-4-8(12(17)21-2)6-9(10)15(19)20/h4-7H,1-3H3,(H,14,16,18)/t7-/m0/s1. The molecule has 0 radical (unpaired) electrons. The van der Waals surface area contributed by atoms with Crippen molar-refractivity contribution in [2.75, 3.05) is 14.2 Å². The lowest BCUT2D eigenvalue weighted by Gasteiger charge is -2.14. The molecule has 10 nitrogen and oxygen atoms in total. The first-order valence-corrected chi connectivity index (χ1v) is 6.22. The van der Waals surface area contributed by atoms with Crippen LogP contribution >= 0.6 is 0 Å². The van der Waals surface area contributed by atoms with Gasteiger partial charge in [-0.05, 0) is 19.1 Å². The Hall–Kier alpha value is -3.17. The number of nitro groups is 1. The smallest absolute Gasteiger partial charge is 0.413 e. The fourth-order valence-corrected chi connectivity index (χ4v) is 1.50. The summed E-state index contributed by atoms with van der Waals surface area (Å²) in [7, 11) is 2.21. The summed E-state index contributed by atoms with van der Waals surface area (Å²) in [5, 5.41) is 12.9. The first-order chi connectivity index (χ1) is 10.8. The Balaban J connectivity index is 2.99. The number of nitrogens with zero attached hydrogens (tertiary/aromatic N) is 1. The molecule has 0 bridgehead atoms. The Bertz CT molecular complexity index is 643. The first-order valence-electron chi connectivity index (χ1n) is 6.22. The van der Waals surface area contributed by atoms with Gasteiger partial charge in [0.1, 0.15) is 0 Å². The van der Waals surface area contributed by atoms with Gasteiger partial charge in [0.15, 0.2) is 11.9 Å². The van der Waals surface area contributed by atoms with Crippen molar-refractivity contribution in [3.8, 4) is 5.75 Å². The van der Waals surface area contributed by atoms with Crippen LogP contribution in [0, 0.1) is 10.1 Å². The van der Waals surface area contributed by atoms with Crippen LogP contribution in [-0.2, 0) is 14.3 Å². The molecule has 1 aromatic carbocycles. The van der Waals surface area contributed by atoms with Crippen LogP contribution in [0.15, 0.2) is 18.2 Å². The molecular formula is C13H14N2O8. The van der Waals surface area contributed by atoms with Gasteiger partial charge in [0.25, 0.3) is 5.91 Å². The van der Waals surface area contributed by atoms with Crippen molar-refractivity contribution >= 4 is 23.7 Å². The van der Waals surface area contributed by atoms with E-state index in [1.807, 2.05) is 5.32 Å². The van der Waals surface area contributed by atoms with Gasteiger partial charge < -0.3 is 14.2 Å². The fourth-order valence-electron chi connectivity index (χ4n) is 1.50. The number of amides is 2. The number of hydrogen-bond acceptors (Lipinski definition) is 8. The van der Waals surface area contributed by atoms with Crippen LogP contribution in [0.4, 0.5) is 10.5 Å². The molecule has 124 valence electrons. The third kappa shape index (κ3) is 4.66. The van der Waals surface area contributed by atoms with Crippen LogP contribution in [0.5, 0.6) is 5.75 Å². The van der Waals surface area contributed by atoms with Gasteiger partial charge in [0.2, 0.25) is 0 Å². The van der Waals surface area contributed by atoms with Crippen LogP contribution in [0.25, 0.3) is 0 Å². The number of ether oxygens (including phenoxy) is 3. The first kappa shape index (κ1) is 17.9. The molecule has 10 heteroatoms. The lowest BCUT2D eigenvalue weighted by molar-refractivity contribution is -0.386. The molecule has 1 atom stereocenters. The second kappa shape index (κ2) is 7.73. The Morgan fingerprint density at radius 1 is 1.22 bits per heavy atom. The number of benzene rings is 1. The van der Waals surface area contributed by atoms with E-state index in [4.69, 9.17) is 4.74 Å². The molecule has 0 aliphatic heterocycles. The summed E-state index contributed by atoms with van der Waals surface area (Å²) in [4.78, 5) is 44.2. The monoisotopic (exact) mass is 326 g/mol. The van der Waals surface area contributed by atoms with Crippen LogP contribution in [0.3, 0.4) is 0 Å². The maximum Gasteiger partial charge on any atom is 0.413 e. The van der Waals surface area contributed by atoms with Gasteiger partial charge in [0.05, 0.1) is 24.7 Å². The predicted molar refractivity (Wildman–Crippen MR) is 75.1 cm³/mol. The fraction of sp³-hybridized carbons (Fsp3) is 0.308. The third-order valence-corrected chi connectivity index (χ3v) is 2.66. The Morgan fingerprint density at radius 3 is 2.39 bits per heavy atom. The van der Waals surface area contributed by atoms with Crippen molar-refractivity contribution in [2.24, 2.45) is 0 Å². The zero-order chi connectivity index (χ0) is 17.6. The minimum absolute atomic E-state index is 0.0433. The molecule has 0 aromatic heterocycles. The van der Waals surface area contributed by atoms with E-state index in [0.29, 0.717) is 0 Å². The molecule has 0 aliphatic carbocycles. The summed E-state index contributed by atoms with van der Waals surface area (Å²) < 4.78 is 13.9. The minimum Gasteiger partial charge on any atom is -0.474 e. The molecule has 0 unspecified atom stereocenters. The number of methoxy groups -OCH3 is 2. The highest BCUT2D eigenvalue weighted by Crippen LogP contribution is 2.29. The highest BCUT2D eigenvalue weighted by Gasteiger charge is 2.24. The highest BCUT2D eigenvalue weighted by molar-refractivity contribution is 5.94. The van der Waals surface area contributed by atoms with Crippen molar-refractivity contribution in [2.45, 2.75) is 13.0 Å². The number of nitro benzene ring substituents is 1. The van der Waals surface area contributed by atoms with Crippen LogP contribution in [0.1, 0.15) is 17.3 Å². The quantitative estimate of drug-likeness (QED) is 0.481. The molecule has 23 heavy (non-hydrogen) atoms. The number of imide groups is 1. The number of carbonyl (C=O) groups is 3. The number of alkyl carbamates (subject to hydrolysis) is 1. The van der Waals surface area contributed by atoms with Crippen molar-refractivity contribution in [3.05, 3.63) is 33.9 Å². The number of hydrogen-bond donors (Lipinski definition) is 1. The largest absolute Gasteiger partial charge is 0.474 e. The van der Waals surface area contributed by atoms with E-state index in [9.17, 15) is 24.5 Å². The van der Waals surface area contributed by atoms with Crippen molar-refractivity contribution in [1.29, 1.82) is 0 Å². The van der Waals surface area contributed by atoms with E-state index in [1.165, 1.54) is 13.0 Å². The van der Waals surface area contributed by atoms with Gasteiger partial charge in [-0.2, -0.15) is 0 Å². The molecule has 0 spiro atoms. The minimum atomic E-state index is -1.21. The Morgan fingerprint density at radius 2 is 1.87 bits per heavy atom. The average Bonchev–Trinajstić information content (AvgIpc) is 2.53. The summed E-state index contributed by atoms with van der Waals surface area (Å²) in [6.07, 6.45) is -2.20. The number of carbonyl (C=O) groups excluding carboxylic acids is 3. The molecular weight excluding hydrogens is 312 g/mol. The topological polar surface area (TPSA) is 134 Å². The maximum absolute atomic E-state index is 11.6. The summed E-state index contributed by atoms with van der Waals surface area (Å²) in [5.74, 6) is -1.84. The van der Waals surface area contributed by atoms with Gasteiger partial charge in [-0.15, -0.1) is 0 Å². The average molecular weight is 326 g/mol. The molecule has 0 fully saturated rings. The van der Waals surface area contributed by atoms with Gasteiger partial charge in [-0.1, -0.05) is 0 Å². The SMILES string of the molecule is COC(=O)NC(=O)[C@H](C)Oc1ccc(C(=O)OC)cc1[N+](=O)[O-]. The summed E-state index contributed by atoms with van der Waals surface area (Å²) in [6.45, 7) is 1.29. The Kier molecular flexibility index (Phi) is 6.01. The van der Waals surface area contributed by atoms with E-state index in [-0.39, 0.29) is 11.3 Å². The molecule has 1 rings (SSSR count). The second-order valence-electron chi connectivity index (χ2n) is 4.17. The lowest BCUT2D eigenvalue weighted by Crippen LogP contribution is -2.40. The molecule has 0 aliphatic rings. The van der Waals surface area contributed by atoms with Crippen molar-refractivity contribution in [1.82, 2.24) is 5.32 Å². The third-order valence-electron chi connectivity index (χ3n) is 2.66. The number of nitrogens with one attached hydrogen (secondary N) is 1. The molecule has 2 amide bonds. The zero-order valence-electron chi connectivity index (χ0n) is 12.5. The summed E-state index contributed by atoms with van der Waals surface area (Å²) in [6, 6.07) is 3.37. The summed E-state index contributed by atoms with van der Waals surface area (Å²) >= 11 is 0. The zero-order valence-corrected chi connectivity index (χ0v) is 12.5. The summed E-state index contributed by atoms with van der Waals surface area (Å²) in [5.41, 5.74) is -0.566. The van der Waals surface area contributed by atoms with Crippen LogP contribution in [0.2, 0.25) is 0 Å². The normalized spacial score (nSPS) is 11.1. The number of esters is 1. The molecule has 0 saturated carbocycles. The van der Waals surface area contributed by atoms with E-state index >= 15 is 0 Å². The molecule has 0 heterocycles. The van der Waals surface area contributed by atoms with E-state index in [2.05, 4.69) is 9.47 Å². The lowest BCUT2D eigenvalue weighted by atomic mass is 10.2. The molecule has 0 saturated heterocycles. The van der Waals surface area contributed by atoms with E-state index in [0.717, 1.165) is 26.4 Å². The van der Waals surface area contributed by atoms with Crippen LogP contribution < -0.4 is 10.1 Å². The van der Waals surface area contributed by atoms with Gasteiger partial charge >= 0.3 is 17.7 Å². The second-order valence-corrected chi connectivity index (χ2v) is 4.17. The van der Waals surface area contributed by atoms with E-state index in [1.54, 1.807) is 0 Å². The van der Waals surface area contributed by atoms with Gasteiger partial charge in [-0.25, -0.2) is 9.59 Å². The number of rotatable bonds is 5. The highest BCUT2D eigenvalue weighted by atomic mass is 16.6. The maximum atomic E-state index is 11.6. The molecule has 1 aromatic rings. The van der Waals surface area contributed by atoms with Crippen molar-refractivity contribution < 1.29 is 33.5 Å². The van der Waals surface area contributed by atoms with Crippen LogP contribution in [-0.4, -0.2) is 43.2 Å². The Labute approximate surface area is 130 Å². The van der Waals surface area contributed by atoms with Gasteiger partial charge in [-0.3, -0.25) is 20.2 Å². The molecule has 1 N–H and O–H groups in total. The predicted octanol–water partition coefficient (Wildman–Crippen LogP) is 1.03. The van der Waals surface area contributed by atoms with Gasteiger partial charge in [0, 0.05) is 6.07 Å². The van der Waals surface area contributed by atoms with E-state index < -0.39 is 34.7 Å². The van der Waals surface area contributed by atoms with Crippen molar-refractivity contribution in [3.63, 3.8) is 0 Å².